The summed E-state index contributed by atoms with van der Waals surface area (Å²) in [5, 5.41) is 12.0. The molecule has 0 unspecified atom stereocenters. The van der Waals surface area contributed by atoms with E-state index in [9.17, 15) is 33.6 Å². The van der Waals surface area contributed by atoms with Crippen molar-refractivity contribution in [2.24, 2.45) is 0 Å². The fraction of sp³-hybridized carbons (Fsp3) is 0.400. The van der Waals surface area contributed by atoms with E-state index in [2.05, 4.69) is 43.7 Å². The highest BCUT2D eigenvalue weighted by atomic mass is 35.5. The molecule has 0 radical (unpaired) electrons. The van der Waals surface area contributed by atoms with Crippen molar-refractivity contribution in [1.82, 2.24) is 59.5 Å². The number of rotatable bonds is 10. The van der Waals surface area contributed by atoms with Gasteiger partial charge in [0.25, 0.3) is 0 Å². The fourth-order valence-corrected chi connectivity index (χ4v) is 23.3. The monoisotopic (exact) mass is 1840 g/mol. The number of nitrogen functional groups attached to an aromatic ring is 2. The van der Waals surface area contributed by atoms with Crippen molar-refractivity contribution in [3.05, 3.63) is 141 Å². The van der Waals surface area contributed by atoms with Gasteiger partial charge < -0.3 is 60.6 Å². The third kappa shape index (κ3) is 21.6. The summed E-state index contributed by atoms with van der Waals surface area (Å²) < 4.78 is 26.6. The van der Waals surface area contributed by atoms with E-state index in [1.54, 1.807) is 137 Å². The number of anilines is 4. The van der Waals surface area contributed by atoms with Gasteiger partial charge in [0.15, 0.2) is 0 Å². The molecule has 0 aromatic carbocycles. The van der Waals surface area contributed by atoms with E-state index in [4.69, 9.17) is 73.6 Å². The molecule has 644 valence electrons. The molecule has 4 aliphatic rings. The standard InChI is InChI=1S/2C22H24N4O3S2.2C19H22N4O2S2.C3H4Cl2O/c1-6-16(27)25-20-17(19-24-14-11-23-9-7-15(14)30-19)13-8-10-26(12(2)18(13)31-20)21(28)29-22(3,4)5;1-6-17(27)25-20-18(19-24-14-10-23-8-7-15(14)30-19)13-9-12(2)26(11-16(13)31-20)21(28)29-22(3,4)5;1-10-15-11(6-8-23(10)18(24)25-19(2,3)4)14(16(20)27-15)17-22-12-9-21-7-5-13(12)26-17;1-10-7-11-14(9-23(10)18(24)25-19(2,3)4)26-16(20)15(11)17-22-12-8-21-6-5-13(12)27-17;4-2-1-3(5)6/h6-7,9,11-12H,1,8,10H2,2-5H3,(H,25,27);6-8,10,12H,1,9,11H2,2-5H3,(H,25,27);5,7,9-10H,6,8,20H2,1-4H3;5-6,8,10H,7,9,20H2,1-4H3;1-2H2/t2*12-;2*10-;/m1111./s1. The highest BCUT2D eigenvalue weighted by Gasteiger charge is 2.41. The molecule has 0 fully saturated rings. The second-order valence-electron chi connectivity index (χ2n) is 32.9. The number of carbonyl (C=O) groups excluding carboxylic acids is 7. The number of hydrogen-bond acceptors (Lipinski definition) is 29. The summed E-state index contributed by atoms with van der Waals surface area (Å²) in [6.45, 7) is 39.8. The van der Waals surface area contributed by atoms with Crippen LogP contribution in [-0.2, 0) is 72.1 Å². The van der Waals surface area contributed by atoms with Crippen LogP contribution in [0.5, 0.6) is 0 Å². The zero-order valence-corrected chi connectivity index (χ0v) is 78.5. The molecule has 16 rings (SSSR count). The summed E-state index contributed by atoms with van der Waals surface area (Å²) in [5.74, 6) is -0.235. The minimum atomic E-state index is -0.560. The molecular weight excluding hydrogens is 1750 g/mol. The number of nitrogens with two attached hydrogens (primary N) is 2. The number of hydrogen-bond donors (Lipinski definition) is 4. The van der Waals surface area contributed by atoms with Crippen LogP contribution in [0, 0.1) is 0 Å². The lowest BCUT2D eigenvalue weighted by molar-refractivity contribution is -0.112. The number of halogens is 2. The number of nitrogens with one attached hydrogen (secondary N) is 2. The molecular formula is C85H96Cl2N16O11S8. The first kappa shape index (κ1) is 91.5. The van der Waals surface area contributed by atoms with Crippen LogP contribution in [0.4, 0.5) is 39.2 Å². The van der Waals surface area contributed by atoms with Gasteiger partial charge in [-0.2, -0.15) is 0 Å². The third-order valence-electron chi connectivity index (χ3n) is 19.2. The van der Waals surface area contributed by atoms with E-state index in [1.165, 1.54) is 46.0 Å². The second kappa shape index (κ2) is 37.8. The molecule has 27 nitrogen and oxygen atoms in total. The smallest absolute Gasteiger partial charge is 0.410 e. The quantitative estimate of drug-likeness (QED) is 0.0427. The van der Waals surface area contributed by atoms with E-state index in [0.29, 0.717) is 44.9 Å². The molecule has 0 aliphatic carbocycles. The number of nitrogens with zero attached hydrogens (tertiary/aromatic N) is 12. The van der Waals surface area contributed by atoms with Gasteiger partial charge >= 0.3 is 24.4 Å². The van der Waals surface area contributed by atoms with E-state index >= 15 is 0 Å². The summed E-state index contributed by atoms with van der Waals surface area (Å²) in [4.78, 5) is 132. The van der Waals surface area contributed by atoms with E-state index in [1.807, 2.05) is 135 Å². The summed E-state index contributed by atoms with van der Waals surface area (Å²) in [6.07, 6.45) is 18.4. The third-order valence-corrected chi connectivity index (χ3v) is 28.5. The maximum Gasteiger partial charge on any atom is 0.410 e. The van der Waals surface area contributed by atoms with Gasteiger partial charge in [-0.25, -0.2) is 39.1 Å². The number of aromatic nitrogens is 8. The van der Waals surface area contributed by atoms with Gasteiger partial charge in [0, 0.05) is 104 Å². The molecule has 122 heavy (non-hydrogen) atoms. The van der Waals surface area contributed by atoms with Crippen LogP contribution >= 0.6 is 114 Å². The van der Waals surface area contributed by atoms with E-state index in [-0.39, 0.29) is 72.0 Å². The predicted octanol–water partition coefficient (Wildman–Crippen LogP) is 21.5. The zero-order chi connectivity index (χ0) is 88.4. The van der Waals surface area contributed by atoms with Gasteiger partial charge in [-0.15, -0.1) is 102 Å². The van der Waals surface area contributed by atoms with Crippen molar-refractivity contribution >= 4 is 216 Å². The Morgan fingerprint density at radius 3 is 1.11 bits per heavy atom. The maximum absolute atomic E-state index is 12.7. The van der Waals surface area contributed by atoms with E-state index in [0.717, 1.165) is 147 Å². The highest BCUT2D eigenvalue weighted by molar-refractivity contribution is 7.24. The number of pyridine rings is 4. The first-order valence-electron chi connectivity index (χ1n) is 39.1. The number of carbonyl (C=O) groups is 7. The predicted molar refractivity (Wildman–Crippen MR) is 496 cm³/mol. The number of alkyl halides is 1. The van der Waals surface area contributed by atoms with Crippen molar-refractivity contribution < 1.29 is 52.5 Å². The number of thiazole rings is 4. The molecule has 12 aromatic heterocycles. The molecule has 37 heteroatoms. The average molecular weight is 1850 g/mol. The molecule has 0 saturated heterocycles. The Hall–Kier alpha value is -9.69. The molecule has 4 aliphatic heterocycles. The second-order valence-corrected chi connectivity index (χ2v) is 42.2. The first-order chi connectivity index (χ1) is 57.6. The zero-order valence-electron chi connectivity index (χ0n) is 70.4. The molecule has 12 aromatic rings. The van der Waals surface area contributed by atoms with Crippen LogP contribution in [0.1, 0.15) is 171 Å². The molecule has 6 N–H and O–H groups in total. The molecule has 16 heterocycles. The topological polar surface area (TPSA) is 349 Å². The van der Waals surface area contributed by atoms with Gasteiger partial charge in [-0.1, -0.05) is 13.2 Å². The Balaban J connectivity index is 0.000000145. The lowest BCUT2D eigenvalue weighted by Gasteiger charge is -2.35. The average Bonchev–Trinajstić information content (AvgIpc) is 1.61. The first-order valence-corrected chi connectivity index (χ1v) is 46.6. The van der Waals surface area contributed by atoms with Crippen LogP contribution in [0.15, 0.2) is 99.2 Å². The summed E-state index contributed by atoms with van der Waals surface area (Å²) in [7, 11) is 0. The molecule has 6 amide bonds. The highest BCUT2D eigenvalue weighted by Crippen LogP contribution is 2.52. The van der Waals surface area contributed by atoms with Crippen LogP contribution in [-0.4, -0.2) is 154 Å². The van der Waals surface area contributed by atoms with Crippen LogP contribution in [0.25, 0.3) is 83.2 Å². The molecule has 0 spiro atoms. The summed E-state index contributed by atoms with van der Waals surface area (Å²) >= 11 is 22.4. The Bertz CT molecular complexity index is 5770. The maximum atomic E-state index is 12.7. The van der Waals surface area contributed by atoms with Gasteiger partial charge in [-0.3, -0.25) is 34.3 Å². The number of fused-ring (bicyclic) bond motifs is 8. The summed E-state index contributed by atoms with van der Waals surface area (Å²) in [5.41, 5.74) is 22.6. The van der Waals surface area contributed by atoms with Crippen molar-refractivity contribution in [2.75, 3.05) is 41.1 Å². The van der Waals surface area contributed by atoms with Gasteiger partial charge in [0.2, 0.25) is 17.1 Å². The van der Waals surface area contributed by atoms with Crippen molar-refractivity contribution in [2.45, 2.75) is 203 Å². The molecule has 4 atom stereocenters. The van der Waals surface area contributed by atoms with Crippen LogP contribution in [0.2, 0.25) is 0 Å². The lowest BCUT2D eigenvalue weighted by atomic mass is 9.97. The van der Waals surface area contributed by atoms with Gasteiger partial charge in [-0.05, 0) is 207 Å². The van der Waals surface area contributed by atoms with E-state index < -0.39 is 22.4 Å². The fourth-order valence-electron chi connectivity index (χ4n) is 13.8. The summed E-state index contributed by atoms with van der Waals surface area (Å²) in [6, 6.07) is 7.56. The van der Waals surface area contributed by atoms with Crippen LogP contribution < -0.4 is 22.1 Å². The lowest BCUT2D eigenvalue weighted by Crippen LogP contribution is -2.44. The number of thiophene rings is 4. The van der Waals surface area contributed by atoms with Gasteiger partial charge in [0.05, 0.1) is 78.8 Å². The largest absolute Gasteiger partial charge is 0.444 e. The van der Waals surface area contributed by atoms with Crippen LogP contribution in [0.3, 0.4) is 0 Å². The molecule has 0 saturated carbocycles. The Morgan fingerprint density at radius 2 is 0.770 bits per heavy atom. The SMILES string of the molecule is C=CC(=O)Nc1sc2c(c1-c1nc3cnccc3s1)CCN(C(=O)OC(C)(C)C)[C@@H]2C.C=CC(=O)Nc1sc2c(c1-c1nc3cnccc3s1)C[C@@H](C)N(C(=O)OC(C)(C)C)C2.C[C@@H]1Cc2c(sc(N)c2-c2nc3cnccc3s2)CN1C(=O)OC(C)(C)C.C[C@@H]1c2sc(N)c(-c3nc4cnccc4s3)c2CCN1C(=O)OC(C)(C)C.O=C(Cl)CCCl. The Kier molecular flexibility index (Phi) is 28.3. The minimum absolute atomic E-state index is 0.0381. The number of ether oxygens (including phenoxy) is 4. The van der Waals surface area contributed by atoms with Crippen molar-refractivity contribution in [3.8, 4) is 42.3 Å². The Labute approximate surface area is 748 Å². The van der Waals surface area contributed by atoms with Crippen molar-refractivity contribution in [3.63, 3.8) is 0 Å². The normalized spacial score (nSPS) is 16.2. The van der Waals surface area contributed by atoms with Gasteiger partial charge in [0.1, 0.15) is 74.5 Å². The Morgan fingerprint density at radius 1 is 0.459 bits per heavy atom. The number of amides is 6. The van der Waals surface area contributed by atoms with Crippen molar-refractivity contribution in [1.29, 1.82) is 0 Å². The molecule has 0 bridgehead atoms. The minimum Gasteiger partial charge on any atom is -0.444 e.